The van der Waals surface area contributed by atoms with E-state index in [9.17, 15) is 4.79 Å². The van der Waals surface area contributed by atoms with Gasteiger partial charge in [-0.3, -0.25) is 0 Å². The number of hydrogen-bond acceptors (Lipinski definition) is 4. The minimum atomic E-state index is -0.322. The number of hydrogen-bond donors (Lipinski definition) is 1. The Balaban J connectivity index is 3.49. The fourth-order valence-electron chi connectivity index (χ4n) is 1.13. The quantitative estimate of drug-likeness (QED) is 0.494. The number of carbonyl (C=O) groups excluding carboxylic acids is 1. The highest BCUT2D eigenvalue weighted by Gasteiger charge is 2.16. The zero-order chi connectivity index (χ0) is 11.7. The largest absolute Gasteiger partial charge is 0.464 e. The lowest BCUT2D eigenvalue weighted by Gasteiger charge is -2.22. The van der Waals surface area contributed by atoms with Crippen molar-refractivity contribution in [1.29, 1.82) is 0 Å². The molecule has 4 nitrogen and oxygen atoms in total. The van der Waals surface area contributed by atoms with Crippen molar-refractivity contribution in [2.24, 2.45) is 5.41 Å². The van der Waals surface area contributed by atoms with Gasteiger partial charge in [0.15, 0.2) is 0 Å². The molecule has 0 bridgehead atoms. The molecule has 0 aliphatic carbocycles. The Kier molecular flexibility index (Phi) is 7.34. The van der Waals surface area contributed by atoms with Crippen LogP contribution in [0.3, 0.4) is 0 Å². The summed E-state index contributed by atoms with van der Waals surface area (Å²) in [6.07, 6.45) is 1.57. The molecule has 0 spiro atoms. The van der Waals surface area contributed by atoms with Crippen molar-refractivity contribution in [2.75, 3.05) is 26.4 Å². The van der Waals surface area contributed by atoms with Crippen LogP contribution < -0.4 is 0 Å². The summed E-state index contributed by atoms with van der Waals surface area (Å²) in [5.41, 5.74) is 0.0589. The summed E-state index contributed by atoms with van der Waals surface area (Å²) in [7, 11) is 0. The maximum absolute atomic E-state index is 10.9. The van der Waals surface area contributed by atoms with Gasteiger partial charge in [0.1, 0.15) is 6.61 Å². The van der Waals surface area contributed by atoms with Gasteiger partial charge in [0, 0.05) is 13.2 Å². The van der Waals surface area contributed by atoms with E-state index in [1.165, 1.54) is 0 Å². The molecule has 1 N–H and O–H groups in total. The maximum atomic E-state index is 10.9. The van der Waals surface area contributed by atoms with E-state index in [0.717, 1.165) is 12.8 Å². The van der Waals surface area contributed by atoms with Crippen LogP contribution in [0.15, 0.2) is 0 Å². The molecule has 0 aliphatic heterocycles. The van der Waals surface area contributed by atoms with E-state index in [1.807, 2.05) is 0 Å². The van der Waals surface area contributed by atoms with Crippen LogP contribution in [-0.2, 0) is 14.3 Å². The van der Waals surface area contributed by atoms with E-state index in [2.05, 4.69) is 13.8 Å². The zero-order valence-corrected chi connectivity index (χ0v) is 9.91. The minimum Gasteiger partial charge on any atom is -0.464 e. The van der Waals surface area contributed by atoms with Gasteiger partial charge >= 0.3 is 5.97 Å². The van der Waals surface area contributed by atoms with Gasteiger partial charge in [-0.05, 0) is 25.2 Å². The first-order chi connectivity index (χ1) is 7.02. The number of aliphatic hydroxyl groups excluding tert-OH is 1. The van der Waals surface area contributed by atoms with Crippen LogP contribution in [0.4, 0.5) is 0 Å². The molecule has 4 heteroatoms. The molecule has 0 amide bonds. The zero-order valence-electron chi connectivity index (χ0n) is 9.91. The van der Waals surface area contributed by atoms with Gasteiger partial charge in [-0.2, -0.15) is 0 Å². The highest BCUT2D eigenvalue weighted by Crippen LogP contribution is 2.24. The smallest absolute Gasteiger partial charge is 0.332 e. The van der Waals surface area contributed by atoms with Crippen molar-refractivity contribution in [3.8, 4) is 0 Å². The van der Waals surface area contributed by atoms with Gasteiger partial charge in [-0.1, -0.05) is 13.8 Å². The molecule has 0 unspecified atom stereocenters. The average Bonchev–Trinajstić information content (AvgIpc) is 2.13. The van der Waals surface area contributed by atoms with E-state index < -0.39 is 0 Å². The summed E-state index contributed by atoms with van der Waals surface area (Å²) in [6, 6.07) is 0. The third-order valence-electron chi connectivity index (χ3n) is 2.24. The molecule has 0 heterocycles. The monoisotopic (exact) mass is 218 g/mol. The molecule has 0 aromatic heterocycles. The van der Waals surface area contributed by atoms with E-state index in [0.29, 0.717) is 13.2 Å². The van der Waals surface area contributed by atoms with Crippen LogP contribution in [0.5, 0.6) is 0 Å². The fourth-order valence-corrected chi connectivity index (χ4v) is 1.13. The van der Waals surface area contributed by atoms with Crippen LogP contribution in [-0.4, -0.2) is 37.5 Å². The van der Waals surface area contributed by atoms with E-state index in [1.54, 1.807) is 6.92 Å². The van der Waals surface area contributed by atoms with Gasteiger partial charge < -0.3 is 14.6 Å². The predicted octanol–water partition coefficient (Wildman–Crippen LogP) is 1.36. The second kappa shape index (κ2) is 7.65. The van der Waals surface area contributed by atoms with Crippen molar-refractivity contribution in [3.05, 3.63) is 0 Å². The second-order valence-corrected chi connectivity index (χ2v) is 4.25. The molecule has 15 heavy (non-hydrogen) atoms. The summed E-state index contributed by atoms with van der Waals surface area (Å²) >= 11 is 0. The molecular formula is C11H22O4. The van der Waals surface area contributed by atoms with Crippen LogP contribution in [0, 0.1) is 5.41 Å². The lowest BCUT2D eigenvalue weighted by molar-refractivity contribution is -0.148. The number of ether oxygens (including phenoxy) is 2. The number of rotatable bonds is 8. The van der Waals surface area contributed by atoms with Gasteiger partial charge in [0.05, 0.1) is 6.61 Å². The summed E-state index contributed by atoms with van der Waals surface area (Å²) < 4.78 is 9.89. The van der Waals surface area contributed by atoms with E-state index >= 15 is 0 Å². The maximum Gasteiger partial charge on any atom is 0.332 e. The summed E-state index contributed by atoms with van der Waals surface area (Å²) in [4.78, 5) is 10.9. The Morgan fingerprint density at radius 2 is 2.00 bits per heavy atom. The van der Waals surface area contributed by atoms with Crippen LogP contribution >= 0.6 is 0 Å². The molecule has 90 valence electrons. The third-order valence-corrected chi connectivity index (χ3v) is 2.24. The Labute approximate surface area is 91.6 Å². The number of aliphatic hydroxyl groups is 1. The first-order valence-electron chi connectivity index (χ1n) is 5.36. The van der Waals surface area contributed by atoms with E-state index in [-0.39, 0.29) is 24.6 Å². The van der Waals surface area contributed by atoms with Crippen molar-refractivity contribution in [3.63, 3.8) is 0 Å². The van der Waals surface area contributed by atoms with Crippen molar-refractivity contribution in [1.82, 2.24) is 0 Å². The molecule has 0 aromatic rings. The Hall–Kier alpha value is -0.610. The van der Waals surface area contributed by atoms with Crippen molar-refractivity contribution in [2.45, 2.75) is 33.6 Å². The summed E-state index contributed by atoms with van der Waals surface area (Å²) in [6.45, 7) is 7.01. The molecule has 0 radical (unpaired) electrons. The van der Waals surface area contributed by atoms with Gasteiger partial charge in [0.2, 0.25) is 0 Å². The Morgan fingerprint density at radius 3 is 2.53 bits per heavy atom. The van der Waals surface area contributed by atoms with Crippen LogP contribution in [0.1, 0.15) is 33.6 Å². The Bertz CT molecular complexity index is 177. The Morgan fingerprint density at radius 1 is 1.33 bits per heavy atom. The summed E-state index contributed by atoms with van der Waals surface area (Å²) in [5.74, 6) is -0.322. The van der Waals surface area contributed by atoms with Crippen molar-refractivity contribution < 1.29 is 19.4 Å². The highest BCUT2D eigenvalue weighted by atomic mass is 16.6. The second-order valence-electron chi connectivity index (χ2n) is 4.25. The normalized spacial score (nSPS) is 11.5. The van der Waals surface area contributed by atoms with Gasteiger partial charge in [-0.25, -0.2) is 4.79 Å². The van der Waals surface area contributed by atoms with Crippen LogP contribution in [0.2, 0.25) is 0 Å². The molecule has 0 saturated carbocycles. The molecule has 0 aromatic carbocycles. The van der Waals surface area contributed by atoms with Gasteiger partial charge in [-0.15, -0.1) is 0 Å². The highest BCUT2D eigenvalue weighted by molar-refractivity contribution is 5.70. The van der Waals surface area contributed by atoms with Crippen LogP contribution in [0.25, 0.3) is 0 Å². The first kappa shape index (κ1) is 14.4. The fraction of sp³-hybridized carbons (Fsp3) is 0.909. The molecule has 0 rings (SSSR count). The standard InChI is InChI=1S/C11H22O4/c1-4-15-10(13)9-14-8-6-11(2,3)5-7-12/h12H,4-9H2,1-3H3. The lowest BCUT2D eigenvalue weighted by Crippen LogP contribution is -2.19. The summed E-state index contributed by atoms with van der Waals surface area (Å²) in [5, 5.41) is 8.80. The average molecular weight is 218 g/mol. The first-order valence-corrected chi connectivity index (χ1v) is 5.36. The number of esters is 1. The molecular weight excluding hydrogens is 196 g/mol. The molecule has 0 fully saturated rings. The topological polar surface area (TPSA) is 55.8 Å². The lowest BCUT2D eigenvalue weighted by atomic mass is 9.86. The molecule has 0 atom stereocenters. The number of carbonyl (C=O) groups is 1. The third kappa shape index (κ3) is 8.39. The van der Waals surface area contributed by atoms with Crippen molar-refractivity contribution >= 4 is 5.97 Å². The molecule has 0 aliphatic rings. The van der Waals surface area contributed by atoms with Gasteiger partial charge in [0.25, 0.3) is 0 Å². The predicted molar refractivity (Wildman–Crippen MR) is 57.6 cm³/mol. The SMILES string of the molecule is CCOC(=O)COCCC(C)(C)CCO. The molecule has 0 saturated heterocycles. The van der Waals surface area contributed by atoms with E-state index in [4.69, 9.17) is 14.6 Å². The minimum absolute atomic E-state index is 0.0169.